The zero-order valence-corrected chi connectivity index (χ0v) is 14.1. The molecule has 0 aliphatic rings. The van der Waals surface area contributed by atoms with Gasteiger partial charge in [0, 0.05) is 11.1 Å². The minimum absolute atomic E-state index is 0.368. The fourth-order valence-corrected chi connectivity index (χ4v) is 2.42. The van der Waals surface area contributed by atoms with Crippen molar-refractivity contribution in [3.63, 3.8) is 0 Å². The van der Waals surface area contributed by atoms with Gasteiger partial charge < -0.3 is 4.74 Å². The highest BCUT2D eigenvalue weighted by atomic mass is 35.5. The van der Waals surface area contributed by atoms with E-state index in [0.717, 1.165) is 11.1 Å². The van der Waals surface area contributed by atoms with Gasteiger partial charge in [0.15, 0.2) is 0 Å². The van der Waals surface area contributed by atoms with Crippen LogP contribution in [0.25, 0.3) is 6.08 Å². The van der Waals surface area contributed by atoms with Gasteiger partial charge in [-0.05, 0) is 29.3 Å². The summed E-state index contributed by atoms with van der Waals surface area (Å²) < 4.78 is 7.23. The standard InChI is InChI=1S/C19H16ClN3O2/c20-17-9-7-16(8-10-17)18(12-23-14-21-13-22-23)25-19(24)11-6-15-4-2-1-3-5-15/h1-11,13-14,18H,12H2. The molecule has 0 fully saturated rings. The molecule has 3 rings (SSSR count). The number of ether oxygens (including phenoxy) is 1. The fraction of sp³-hybridized carbons (Fsp3) is 0.105. The van der Waals surface area contributed by atoms with E-state index >= 15 is 0 Å². The van der Waals surface area contributed by atoms with Crippen molar-refractivity contribution in [2.24, 2.45) is 0 Å². The normalized spacial score (nSPS) is 12.2. The number of hydrogen-bond acceptors (Lipinski definition) is 4. The van der Waals surface area contributed by atoms with Crippen molar-refractivity contribution in [1.29, 1.82) is 0 Å². The van der Waals surface area contributed by atoms with E-state index in [1.165, 1.54) is 12.4 Å². The molecule has 1 atom stereocenters. The van der Waals surface area contributed by atoms with Crippen molar-refractivity contribution in [3.05, 3.63) is 89.5 Å². The average molecular weight is 354 g/mol. The molecule has 25 heavy (non-hydrogen) atoms. The predicted octanol–water partition coefficient (Wildman–Crippen LogP) is 3.93. The Morgan fingerprint density at radius 1 is 1.16 bits per heavy atom. The Morgan fingerprint density at radius 2 is 1.92 bits per heavy atom. The van der Waals surface area contributed by atoms with Crippen molar-refractivity contribution < 1.29 is 9.53 Å². The van der Waals surface area contributed by atoms with E-state index in [9.17, 15) is 4.79 Å². The van der Waals surface area contributed by atoms with Gasteiger partial charge in [-0.3, -0.25) is 0 Å². The summed E-state index contributed by atoms with van der Waals surface area (Å²) in [6, 6.07) is 16.8. The second-order valence-corrected chi connectivity index (χ2v) is 5.78. The number of esters is 1. The van der Waals surface area contributed by atoms with Crippen LogP contribution in [0.5, 0.6) is 0 Å². The summed E-state index contributed by atoms with van der Waals surface area (Å²) in [6.07, 6.45) is 5.66. The molecule has 5 nitrogen and oxygen atoms in total. The third-order valence-electron chi connectivity index (χ3n) is 3.53. The Bertz CT molecular complexity index is 831. The maximum atomic E-state index is 12.2. The van der Waals surface area contributed by atoms with Gasteiger partial charge in [-0.25, -0.2) is 14.5 Å². The summed E-state index contributed by atoms with van der Waals surface area (Å²) in [5, 5.41) is 4.69. The summed E-state index contributed by atoms with van der Waals surface area (Å²) in [4.78, 5) is 16.1. The number of carbonyl (C=O) groups is 1. The van der Waals surface area contributed by atoms with E-state index < -0.39 is 12.1 Å². The Morgan fingerprint density at radius 3 is 2.60 bits per heavy atom. The topological polar surface area (TPSA) is 57.0 Å². The summed E-state index contributed by atoms with van der Waals surface area (Å²) in [5.74, 6) is -0.427. The van der Waals surface area contributed by atoms with E-state index in [4.69, 9.17) is 16.3 Å². The molecular formula is C19H16ClN3O2. The number of aromatic nitrogens is 3. The van der Waals surface area contributed by atoms with Crippen LogP contribution >= 0.6 is 11.6 Å². The van der Waals surface area contributed by atoms with Gasteiger partial charge in [-0.15, -0.1) is 0 Å². The van der Waals surface area contributed by atoms with Gasteiger partial charge in [0.05, 0.1) is 6.54 Å². The SMILES string of the molecule is O=C(C=Cc1ccccc1)OC(Cn1cncn1)c1ccc(Cl)cc1. The number of nitrogens with zero attached hydrogens (tertiary/aromatic N) is 3. The summed E-state index contributed by atoms with van der Waals surface area (Å²) >= 11 is 5.94. The monoisotopic (exact) mass is 353 g/mol. The molecule has 0 spiro atoms. The lowest BCUT2D eigenvalue weighted by Crippen LogP contribution is -2.16. The van der Waals surface area contributed by atoms with Crippen LogP contribution in [0.15, 0.2) is 73.3 Å². The highest BCUT2D eigenvalue weighted by molar-refractivity contribution is 6.30. The number of rotatable bonds is 6. The molecule has 0 saturated carbocycles. The first kappa shape index (κ1) is 16.9. The van der Waals surface area contributed by atoms with Crippen LogP contribution in [0.1, 0.15) is 17.2 Å². The molecule has 0 aliphatic heterocycles. The zero-order chi connectivity index (χ0) is 17.5. The lowest BCUT2D eigenvalue weighted by Gasteiger charge is -2.17. The molecule has 3 aromatic rings. The van der Waals surface area contributed by atoms with Crippen molar-refractivity contribution in [2.75, 3.05) is 0 Å². The van der Waals surface area contributed by atoms with Crippen LogP contribution in [-0.4, -0.2) is 20.7 Å². The minimum Gasteiger partial charge on any atom is -0.452 e. The van der Waals surface area contributed by atoms with E-state index in [1.54, 1.807) is 29.2 Å². The van der Waals surface area contributed by atoms with Crippen LogP contribution in [-0.2, 0) is 16.1 Å². The Labute approximate surface area is 150 Å². The van der Waals surface area contributed by atoms with Gasteiger partial charge >= 0.3 is 5.97 Å². The minimum atomic E-state index is -0.494. The van der Waals surface area contributed by atoms with E-state index in [1.807, 2.05) is 42.5 Å². The van der Waals surface area contributed by atoms with Crippen molar-refractivity contribution in [1.82, 2.24) is 14.8 Å². The van der Waals surface area contributed by atoms with Gasteiger partial charge in [0.25, 0.3) is 0 Å². The Kier molecular flexibility index (Phi) is 5.59. The largest absolute Gasteiger partial charge is 0.452 e. The van der Waals surface area contributed by atoms with Crippen LogP contribution in [0.2, 0.25) is 5.02 Å². The summed E-state index contributed by atoms with van der Waals surface area (Å²) in [5.41, 5.74) is 1.76. The van der Waals surface area contributed by atoms with Crippen LogP contribution in [0.3, 0.4) is 0 Å². The second-order valence-electron chi connectivity index (χ2n) is 5.34. The van der Waals surface area contributed by atoms with Gasteiger partial charge in [-0.1, -0.05) is 54.1 Å². The average Bonchev–Trinajstić information content (AvgIpc) is 3.14. The molecule has 0 amide bonds. The maximum absolute atomic E-state index is 12.2. The van der Waals surface area contributed by atoms with Crippen molar-refractivity contribution in [2.45, 2.75) is 12.6 Å². The van der Waals surface area contributed by atoms with Crippen LogP contribution in [0, 0.1) is 0 Å². The molecule has 1 aromatic heterocycles. The zero-order valence-electron chi connectivity index (χ0n) is 13.3. The number of benzene rings is 2. The van der Waals surface area contributed by atoms with Gasteiger partial charge in [-0.2, -0.15) is 5.10 Å². The number of carbonyl (C=O) groups excluding carboxylic acids is 1. The first-order valence-electron chi connectivity index (χ1n) is 7.72. The number of hydrogen-bond donors (Lipinski definition) is 0. The van der Waals surface area contributed by atoms with Gasteiger partial charge in [0.1, 0.15) is 18.8 Å². The molecule has 0 saturated heterocycles. The molecule has 1 heterocycles. The molecule has 126 valence electrons. The van der Waals surface area contributed by atoms with E-state index in [-0.39, 0.29) is 0 Å². The molecular weight excluding hydrogens is 338 g/mol. The first-order valence-corrected chi connectivity index (χ1v) is 8.10. The van der Waals surface area contributed by atoms with Crippen LogP contribution < -0.4 is 0 Å². The summed E-state index contributed by atoms with van der Waals surface area (Å²) in [6.45, 7) is 0.368. The highest BCUT2D eigenvalue weighted by Gasteiger charge is 2.17. The molecule has 6 heteroatoms. The van der Waals surface area contributed by atoms with Crippen molar-refractivity contribution >= 4 is 23.6 Å². The quantitative estimate of drug-likeness (QED) is 0.497. The third-order valence-corrected chi connectivity index (χ3v) is 3.78. The summed E-state index contributed by atoms with van der Waals surface area (Å²) in [7, 11) is 0. The Hall–Kier alpha value is -2.92. The third kappa shape index (κ3) is 5.02. The lowest BCUT2D eigenvalue weighted by molar-refractivity contribution is -0.144. The molecule has 0 aliphatic carbocycles. The lowest BCUT2D eigenvalue weighted by atomic mass is 10.1. The molecule has 2 aromatic carbocycles. The smallest absolute Gasteiger partial charge is 0.331 e. The van der Waals surface area contributed by atoms with E-state index in [0.29, 0.717) is 11.6 Å². The Balaban J connectivity index is 1.73. The molecule has 1 unspecified atom stereocenters. The fourth-order valence-electron chi connectivity index (χ4n) is 2.29. The van der Waals surface area contributed by atoms with Gasteiger partial charge in [0.2, 0.25) is 0 Å². The molecule has 0 bridgehead atoms. The second kappa shape index (κ2) is 8.26. The molecule has 0 radical (unpaired) electrons. The highest BCUT2D eigenvalue weighted by Crippen LogP contribution is 2.22. The van der Waals surface area contributed by atoms with E-state index in [2.05, 4.69) is 10.1 Å². The predicted molar refractivity (Wildman–Crippen MR) is 95.8 cm³/mol. The maximum Gasteiger partial charge on any atom is 0.331 e. The first-order chi connectivity index (χ1) is 12.2. The molecule has 0 N–H and O–H groups in total. The van der Waals surface area contributed by atoms with Crippen molar-refractivity contribution in [3.8, 4) is 0 Å². The van der Waals surface area contributed by atoms with Crippen LogP contribution in [0.4, 0.5) is 0 Å². The number of halogens is 1.